The van der Waals surface area contributed by atoms with Crippen molar-refractivity contribution in [1.29, 1.82) is 0 Å². The van der Waals surface area contributed by atoms with Gasteiger partial charge in [-0.1, -0.05) is 19.9 Å². The van der Waals surface area contributed by atoms with Gasteiger partial charge in [-0.3, -0.25) is 0 Å². The van der Waals surface area contributed by atoms with Gasteiger partial charge in [-0.15, -0.1) is 12.4 Å². The number of phenolic OH excluding ortho intramolecular Hbond substituents is 1. The van der Waals surface area contributed by atoms with Gasteiger partial charge in [0.05, 0.1) is 12.1 Å². The minimum atomic E-state index is -0.802. The highest BCUT2D eigenvalue weighted by Crippen LogP contribution is 2.24. The molecule has 2 atom stereocenters. The maximum absolute atomic E-state index is 13.4. The third kappa shape index (κ3) is 3.33. The van der Waals surface area contributed by atoms with Crippen molar-refractivity contribution in [1.82, 2.24) is 0 Å². The van der Waals surface area contributed by atoms with Gasteiger partial charge >= 0.3 is 0 Å². The highest BCUT2D eigenvalue weighted by Gasteiger charge is 2.22. The van der Waals surface area contributed by atoms with Crippen molar-refractivity contribution in [3.8, 4) is 5.75 Å². The van der Waals surface area contributed by atoms with E-state index in [2.05, 4.69) is 0 Å². The first kappa shape index (κ1) is 15.2. The summed E-state index contributed by atoms with van der Waals surface area (Å²) in [5.74, 6) is -0.794. The summed E-state index contributed by atoms with van der Waals surface area (Å²) < 4.78 is 13.4. The van der Waals surface area contributed by atoms with Crippen LogP contribution in [0.1, 0.15) is 25.5 Å². The molecule has 1 aromatic carbocycles. The summed E-state index contributed by atoms with van der Waals surface area (Å²) in [5, 5.41) is 18.7. The van der Waals surface area contributed by atoms with Gasteiger partial charge in [-0.25, -0.2) is 4.39 Å². The number of aliphatic hydroxyl groups is 1. The molecule has 0 saturated carbocycles. The molecule has 92 valence electrons. The van der Waals surface area contributed by atoms with E-state index in [9.17, 15) is 9.50 Å². The van der Waals surface area contributed by atoms with Crippen LogP contribution in [0, 0.1) is 11.7 Å². The second-order valence-electron chi connectivity index (χ2n) is 3.97. The Morgan fingerprint density at radius 1 is 1.31 bits per heavy atom. The smallest absolute Gasteiger partial charge is 0.131 e. The topological polar surface area (TPSA) is 66.5 Å². The number of phenols is 1. The van der Waals surface area contributed by atoms with Crippen LogP contribution in [0.25, 0.3) is 0 Å². The average Bonchev–Trinajstić information content (AvgIpc) is 2.15. The van der Waals surface area contributed by atoms with Gasteiger partial charge in [0.25, 0.3) is 0 Å². The highest BCUT2D eigenvalue weighted by molar-refractivity contribution is 5.85. The summed E-state index contributed by atoms with van der Waals surface area (Å²) in [6, 6.07) is 2.96. The standard InChI is InChI=1S/C11H16FNO2.ClH/c1-6(2)11(15)10(13)8-4-3-7(14)5-9(8)12;/h3-6,10-11,14-15H,13H2,1-2H3;1H/t10-,11+;/m1./s1. The fourth-order valence-electron chi connectivity index (χ4n) is 1.39. The Bertz CT molecular complexity index is 347. The van der Waals surface area contributed by atoms with Crippen molar-refractivity contribution in [2.75, 3.05) is 0 Å². The Morgan fingerprint density at radius 2 is 1.88 bits per heavy atom. The van der Waals surface area contributed by atoms with E-state index >= 15 is 0 Å². The summed E-state index contributed by atoms with van der Waals surface area (Å²) in [6.07, 6.45) is -0.802. The minimum Gasteiger partial charge on any atom is -0.508 e. The Morgan fingerprint density at radius 3 is 2.31 bits per heavy atom. The van der Waals surface area contributed by atoms with Crippen LogP contribution in [0.4, 0.5) is 4.39 Å². The van der Waals surface area contributed by atoms with E-state index in [4.69, 9.17) is 10.8 Å². The molecule has 0 unspecified atom stereocenters. The van der Waals surface area contributed by atoms with Gasteiger partial charge in [0.1, 0.15) is 11.6 Å². The number of hydrogen-bond acceptors (Lipinski definition) is 3. The number of hydrogen-bond donors (Lipinski definition) is 3. The second-order valence-corrected chi connectivity index (χ2v) is 3.97. The number of rotatable bonds is 3. The Labute approximate surface area is 101 Å². The fraction of sp³-hybridized carbons (Fsp3) is 0.455. The molecule has 0 spiro atoms. The summed E-state index contributed by atoms with van der Waals surface area (Å²) in [6.45, 7) is 3.62. The zero-order valence-electron chi connectivity index (χ0n) is 9.22. The number of aromatic hydroxyl groups is 1. The van der Waals surface area contributed by atoms with Crippen LogP contribution in [0.15, 0.2) is 18.2 Å². The molecule has 1 rings (SSSR count). The van der Waals surface area contributed by atoms with E-state index in [1.807, 2.05) is 13.8 Å². The van der Waals surface area contributed by atoms with Gasteiger partial charge in [-0.2, -0.15) is 0 Å². The van der Waals surface area contributed by atoms with Crippen LogP contribution in [0.3, 0.4) is 0 Å². The van der Waals surface area contributed by atoms with E-state index in [1.54, 1.807) is 0 Å². The van der Waals surface area contributed by atoms with Crippen LogP contribution in [-0.2, 0) is 0 Å². The largest absolute Gasteiger partial charge is 0.508 e. The van der Waals surface area contributed by atoms with Crippen molar-refractivity contribution < 1.29 is 14.6 Å². The zero-order valence-corrected chi connectivity index (χ0v) is 10.0. The van der Waals surface area contributed by atoms with Crippen molar-refractivity contribution in [3.05, 3.63) is 29.6 Å². The molecule has 0 bridgehead atoms. The monoisotopic (exact) mass is 249 g/mol. The first-order chi connectivity index (χ1) is 6.93. The predicted molar refractivity (Wildman–Crippen MR) is 63.1 cm³/mol. The molecule has 0 aliphatic carbocycles. The molecule has 0 fully saturated rings. The van der Waals surface area contributed by atoms with Crippen LogP contribution < -0.4 is 5.73 Å². The molecule has 0 aliphatic rings. The molecule has 0 aliphatic heterocycles. The molecule has 0 aromatic heterocycles. The van der Waals surface area contributed by atoms with Crippen molar-refractivity contribution >= 4 is 12.4 Å². The van der Waals surface area contributed by atoms with Crippen LogP contribution in [0.5, 0.6) is 5.75 Å². The van der Waals surface area contributed by atoms with Crippen LogP contribution >= 0.6 is 12.4 Å². The number of aliphatic hydroxyl groups excluding tert-OH is 1. The van der Waals surface area contributed by atoms with Crippen molar-refractivity contribution in [2.24, 2.45) is 11.7 Å². The summed E-state index contributed by atoms with van der Waals surface area (Å²) in [7, 11) is 0. The molecule has 0 heterocycles. The first-order valence-electron chi connectivity index (χ1n) is 4.85. The number of benzene rings is 1. The molecule has 5 heteroatoms. The minimum absolute atomic E-state index is 0. The molecule has 0 amide bonds. The molecule has 1 aromatic rings. The van der Waals surface area contributed by atoms with Gasteiger partial charge in [0, 0.05) is 11.6 Å². The molecular formula is C11H17ClFNO2. The van der Waals surface area contributed by atoms with Gasteiger partial charge in [-0.05, 0) is 12.0 Å². The van der Waals surface area contributed by atoms with Crippen LogP contribution in [-0.4, -0.2) is 16.3 Å². The lowest BCUT2D eigenvalue weighted by molar-refractivity contribution is 0.0966. The molecule has 3 nitrogen and oxygen atoms in total. The van der Waals surface area contributed by atoms with E-state index in [-0.39, 0.29) is 29.6 Å². The second kappa shape index (κ2) is 6.03. The lowest BCUT2D eigenvalue weighted by Crippen LogP contribution is -2.31. The van der Waals surface area contributed by atoms with Gasteiger partial charge in [0.2, 0.25) is 0 Å². The Balaban J connectivity index is 0.00000225. The molecular weight excluding hydrogens is 233 g/mol. The molecule has 0 radical (unpaired) electrons. The lowest BCUT2D eigenvalue weighted by atomic mass is 9.94. The molecule has 0 saturated heterocycles. The number of halogens is 2. The summed E-state index contributed by atoms with van der Waals surface area (Å²) in [4.78, 5) is 0. The summed E-state index contributed by atoms with van der Waals surface area (Å²) >= 11 is 0. The summed E-state index contributed by atoms with van der Waals surface area (Å²) in [5.41, 5.74) is 5.94. The highest BCUT2D eigenvalue weighted by atomic mass is 35.5. The maximum atomic E-state index is 13.4. The maximum Gasteiger partial charge on any atom is 0.131 e. The van der Waals surface area contributed by atoms with E-state index in [0.29, 0.717) is 0 Å². The quantitative estimate of drug-likeness (QED) is 0.767. The molecule has 4 N–H and O–H groups in total. The molecule has 16 heavy (non-hydrogen) atoms. The van der Waals surface area contributed by atoms with Gasteiger partial charge in [0.15, 0.2) is 0 Å². The van der Waals surface area contributed by atoms with Gasteiger partial charge < -0.3 is 15.9 Å². The normalized spacial score (nSPS) is 14.4. The van der Waals surface area contributed by atoms with E-state index < -0.39 is 18.0 Å². The predicted octanol–water partition coefficient (Wildman–Crippen LogP) is 1.97. The zero-order chi connectivity index (χ0) is 11.6. The van der Waals surface area contributed by atoms with E-state index in [0.717, 1.165) is 6.07 Å². The Hall–Kier alpha value is -0.840. The Kier molecular flexibility index (Phi) is 5.72. The number of nitrogens with two attached hydrogens (primary N) is 1. The van der Waals surface area contributed by atoms with Crippen LogP contribution in [0.2, 0.25) is 0 Å². The average molecular weight is 250 g/mol. The van der Waals surface area contributed by atoms with E-state index in [1.165, 1.54) is 12.1 Å². The first-order valence-corrected chi connectivity index (χ1v) is 4.85. The van der Waals surface area contributed by atoms with Crippen molar-refractivity contribution in [2.45, 2.75) is 26.0 Å². The third-order valence-corrected chi connectivity index (χ3v) is 2.39. The lowest BCUT2D eigenvalue weighted by Gasteiger charge is -2.22. The SMILES string of the molecule is CC(C)[C@H](O)[C@H](N)c1ccc(O)cc1F.Cl. The van der Waals surface area contributed by atoms with Crippen molar-refractivity contribution in [3.63, 3.8) is 0 Å². The third-order valence-electron chi connectivity index (χ3n) is 2.39. The fourth-order valence-corrected chi connectivity index (χ4v) is 1.39.